The van der Waals surface area contributed by atoms with Crippen LogP contribution in [0.25, 0.3) is 0 Å². The van der Waals surface area contributed by atoms with E-state index < -0.39 is 5.41 Å². The number of benzene rings is 1. The maximum absolute atomic E-state index is 12.8. The van der Waals surface area contributed by atoms with Crippen molar-refractivity contribution in [2.45, 2.75) is 12.8 Å². The summed E-state index contributed by atoms with van der Waals surface area (Å²) < 4.78 is 10.2. The Balaban J connectivity index is 0.00000364. The topological polar surface area (TPSA) is 88.7 Å². The molecule has 2 amide bonds. The Kier molecular flexibility index (Phi) is 10.0. The van der Waals surface area contributed by atoms with Crippen LogP contribution >= 0.6 is 24.0 Å². The van der Waals surface area contributed by atoms with E-state index in [2.05, 4.69) is 16.0 Å². The fourth-order valence-corrected chi connectivity index (χ4v) is 3.29. The van der Waals surface area contributed by atoms with Gasteiger partial charge in [-0.2, -0.15) is 0 Å². The van der Waals surface area contributed by atoms with Gasteiger partial charge in [-0.1, -0.05) is 11.6 Å². The molecule has 2 rings (SSSR count). The van der Waals surface area contributed by atoms with Crippen molar-refractivity contribution in [3.05, 3.63) is 28.8 Å². The van der Waals surface area contributed by atoms with E-state index >= 15 is 0 Å². The van der Waals surface area contributed by atoms with E-state index in [-0.39, 0.29) is 29.2 Å². The number of amides is 2. The Bertz CT molecular complexity index is 632. The van der Waals surface area contributed by atoms with Gasteiger partial charge >= 0.3 is 0 Å². The molecule has 9 heteroatoms. The molecule has 0 spiro atoms. The number of hydrogen-bond donors (Lipinski definition) is 3. The Labute approximate surface area is 170 Å². The van der Waals surface area contributed by atoms with Gasteiger partial charge in [0.15, 0.2) is 0 Å². The van der Waals surface area contributed by atoms with Crippen molar-refractivity contribution in [3.63, 3.8) is 0 Å². The minimum absolute atomic E-state index is 0. The van der Waals surface area contributed by atoms with Gasteiger partial charge in [0.1, 0.15) is 0 Å². The number of carbonyl (C=O) groups excluding carboxylic acids is 2. The number of ether oxygens (including phenoxy) is 2. The summed E-state index contributed by atoms with van der Waals surface area (Å²) in [4.78, 5) is 24.9. The van der Waals surface area contributed by atoms with Crippen molar-refractivity contribution < 1.29 is 19.1 Å². The van der Waals surface area contributed by atoms with Gasteiger partial charge in [-0.25, -0.2) is 0 Å². The summed E-state index contributed by atoms with van der Waals surface area (Å²) in [5.74, 6) is -0.367. The molecule has 0 aromatic heterocycles. The predicted octanol–water partition coefficient (Wildman–Crippen LogP) is 2.09. The van der Waals surface area contributed by atoms with Crippen LogP contribution in [0, 0.1) is 5.41 Å². The fourth-order valence-electron chi connectivity index (χ4n) is 3.02. The minimum atomic E-state index is -0.553. The largest absolute Gasteiger partial charge is 0.384 e. The van der Waals surface area contributed by atoms with Gasteiger partial charge in [-0.3, -0.25) is 9.59 Å². The summed E-state index contributed by atoms with van der Waals surface area (Å²) in [7, 11) is 3.17. The van der Waals surface area contributed by atoms with E-state index in [0.29, 0.717) is 43.9 Å². The second-order valence-corrected chi connectivity index (χ2v) is 6.77. The van der Waals surface area contributed by atoms with Crippen molar-refractivity contribution in [1.29, 1.82) is 0 Å². The highest BCUT2D eigenvalue weighted by Gasteiger charge is 2.39. The van der Waals surface area contributed by atoms with Crippen molar-refractivity contribution in [3.8, 4) is 0 Å². The maximum Gasteiger partial charge on any atom is 0.252 e. The van der Waals surface area contributed by atoms with Crippen LogP contribution in [-0.2, 0) is 14.3 Å². The van der Waals surface area contributed by atoms with Gasteiger partial charge in [0.05, 0.1) is 29.2 Å². The van der Waals surface area contributed by atoms with E-state index in [1.165, 1.54) is 0 Å². The van der Waals surface area contributed by atoms with Gasteiger partial charge in [0.25, 0.3) is 5.91 Å². The van der Waals surface area contributed by atoms with E-state index in [0.717, 1.165) is 13.1 Å². The lowest BCUT2D eigenvalue weighted by Crippen LogP contribution is -2.47. The van der Waals surface area contributed by atoms with E-state index in [9.17, 15) is 9.59 Å². The first-order valence-electron chi connectivity index (χ1n) is 8.60. The second-order valence-electron chi connectivity index (χ2n) is 6.36. The molecule has 0 atom stereocenters. The van der Waals surface area contributed by atoms with Crippen LogP contribution in [0.15, 0.2) is 18.2 Å². The van der Waals surface area contributed by atoms with Gasteiger partial charge < -0.3 is 25.4 Å². The summed E-state index contributed by atoms with van der Waals surface area (Å²) in [6.07, 6.45) is 1.42. The highest BCUT2D eigenvalue weighted by molar-refractivity contribution is 6.34. The Morgan fingerprint density at radius 2 is 1.93 bits per heavy atom. The first kappa shape index (κ1) is 23.7. The quantitative estimate of drug-likeness (QED) is 0.561. The number of methoxy groups -OCH3 is 2. The molecule has 0 saturated carbocycles. The SMILES string of the molecule is COCCNC(=O)c1ccc(NC(=O)C2(COC)CCNCC2)cc1Cl.Cl. The molecule has 152 valence electrons. The minimum Gasteiger partial charge on any atom is -0.384 e. The summed E-state index contributed by atoms with van der Waals surface area (Å²) in [6, 6.07) is 4.87. The molecular formula is C18H27Cl2N3O4. The molecule has 3 N–H and O–H groups in total. The Morgan fingerprint density at radius 3 is 2.52 bits per heavy atom. The Morgan fingerprint density at radius 1 is 1.22 bits per heavy atom. The van der Waals surface area contributed by atoms with Crippen LogP contribution in [0.4, 0.5) is 5.69 Å². The molecular weight excluding hydrogens is 393 g/mol. The third-order valence-corrected chi connectivity index (χ3v) is 4.84. The molecule has 7 nitrogen and oxygen atoms in total. The molecule has 1 aliphatic rings. The van der Waals surface area contributed by atoms with Crippen LogP contribution in [0.1, 0.15) is 23.2 Å². The summed E-state index contributed by atoms with van der Waals surface area (Å²) in [6.45, 7) is 2.75. The molecule has 0 aliphatic carbocycles. The maximum atomic E-state index is 12.8. The standard InChI is InChI=1S/C18H26ClN3O4.ClH/c1-25-10-9-21-16(23)14-4-3-13(11-15(14)19)22-17(24)18(12-26-2)5-7-20-8-6-18;/h3-4,11,20H,5-10,12H2,1-2H3,(H,21,23)(H,22,24);1H. The third-order valence-electron chi connectivity index (χ3n) is 4.53. The van der Waals surface area contributed by atoms with Crippen LogP contribution < -0.4 is 16.0 Å². The number of hydrogen-bond acceptors (Lipinski definition) is 5. The van der Waals surface area contributed by atoms with Crippen LogP contribution in [0.5, 0.6) is 0 Å². The highest BCUT2D eigenvalue weighted by atomic mass is 35.5. The normalized spacial score (nSPS) is 15.5. The number of halogens is 2. The number of rotatable bonds is 8. The lowest BCUT2D eigenvalue weighted by Gasteiger charge is -2.35. The van der Waals surface area contributed by atoms with Crippen molar-refractivity contribution in [2.75, 3.05) is 52.4 Å². The zero-order chi connectivity index (χ0) is 19.0. The zero-order valence-corrected chi connectivity index (χ0v) is 17.2. The molecule has 1 aliphatic heterocycles. The average molecular weight is 420 g/mol. The molecule has 1 aromatic carbocycles. The van der Waals surface area contributed by atoms with Crippen molar-refractivity contribution in [1.82, 2.24) is 10.6 Å². The van der Waals surface area contributed by atoms with Gasteiger partial charge in [0, 0.05) is 26.5 Å². The lowest BCUT2D eigenvalue weighted by molar-refractivity contribution is -0.130. The molecule has 1 saturated heterocycles. The van der Waals surface area contributed by atoms with Crippen molar-refractivity contribution in [2.24, 2.45) is 5.41 Å². The number of nitrogens with one attached hydrogen (secondary N) is 3. The molecule has 0 unspecified atom stereocenters. The molecule has 1 aromatic rings. The van der Waals surface area contributed by atoms with Gasteiger partial charge in [-0.05, 0) is 44.1 Å². The summed E-state index contributed by atoms with van der Waals surface area (Å²) in [5.41, 5.74) is 0.361. The number of piperidine rings is 1. The van der Waals surface area contributed by atoms with Crippen molar-refractivity contribution >= 4 is 41.5 Å². The van der Waals surface area contributed by atoms with Gasteiger partial charge in [0.2, 0.25) is 5.91 Å². The highest BCUT2D eigenvalue weighted by Crippen LogP contribution is 2.31. The third kappa shape index (κ3) is 6.33. The molecule has 1 heterocycles. The average Bonchev–Trinajstić information content (AvgIpc) is 2.63. The predicted molar refractivity (Wildman–Crippen MR) is 108 cm³/mol. The molecule has 0 bridgehead atoms. The van der Waals surface area contributed by atoms with Crippen LogP contribution in [-0.4, -0.2) is 58.9 Å². The number of carbonyl (C=O) groups is 2. The van der Waals surface area contributed by atoms with E-state index in [1.807, 2.05) is 0 Å². The molecule has 27 heavy (non-hydrogen) atoms. The number of anilines is 1. The lowest BCUT2D eigenvalue weighted by atomic mass is 9.78. The van der Waals surface area contributed by atoms with Gasteiger partial charge in [-0.15, -0.1) is 12.4 Å². The van der Waals surface area contributed by atoms with Crippen LogP contribution in [0.2, 0.25) is 5.02 Å². The Hall–Kier alpha value is -1.38. The molecule has 0 radical (unpaired) electrons. The zero-order valence-electron chi connectivity index (χ0n) is 15.6. The first-order valence-corrected chi connectivity index (χ1v) is 8.98. The second kappa shape index (κ2) is 11.5. The van der Waals surface area contributed by atoms with E-state index in [4.69, 9.17) is 21.1 Å². The monoisotopic (exact) mass is 419 g/mol. The summed E-state index contributed by atoms with van der Waals surface area (Å²) in [5, 5.41) is 9.17. The smallest absolute Gasteiger partial charge is 0.252 e. The van der Waals surface area contributed by atoms with E-state index in [1.54, 1.807) is 32.4 Å². The first-order chi connectivity index (χ1) is 12.5. The summed E-state index contributed by atoms with van der Waals surface area (Å²) >= 11 is 6.22. The van der Waals surface area contributed by atoms with Crippen LogP contribution in [0.3, 0.4) is 0 Å². The molecule has 1 fully saturated rings. The fraction of sp³-hybridized carbons (Fsp3) is 0.556.